The van der Waals surface area contributed by atoms with Crippen molar-refractivity contribution in [3.05, 3.63) is 0 Å². The van der Waals surface area contributed by atoms with Crippen LogP contribution in [0.25, 0.3) is 0 Å². The fourth-order valence-corrected chi connectivity index (χ4v) is 2.81. The molecular weight excluding hydrogens is 250 g/mol. The van der Waals surface area contributed by atoms with Crippen LogP contribution in [0.5, 0.6) is 0 Å². The van der Waals surface area contributed by atoms with Gasteiger partial charge in [0.2, 0.25) is 10.0 Å². The largest absolute Gasteiger partial charge is 0.313 e. The minimum absolute atomic E-state index is 0.144. The predicted octanol–water partition coefficient (Wildman–Crippen LogP) is 0.387. The van der Waals surface area contributed by atoms with E-state index in [-0.39, 0.29) is 11.8 Å². The average molecular weight is 277 g/mol. The third-order valence-electron chi connectivity index (χ3n) is 3.34. The second-order valence-corrected chi connectivity index (χ2v) is 7.45. The molecule has 108 valence electrons. The van der Waals surface area contributed by atoms with E-state index in [0.717, 1.165) is 0 Å². The predicted molar refractivity (Wildman–Crippen MR) is 75.2 cm³/mol. The van der Waals surface area contributed by atoms with Gasteiger partial charge in [-0.3, -0.25) is 4.90 Å². The van der Waals surface area contributed by atoms with E-state index in [1.54, 1.807) is 0 Å². The molecule has 1 atom stereocenters. The first-order chi connectivity index (χ1) is 8.32. The minimum Gasteiger partial charge on any atom is -0.313 e. The lowest BCUT2D eigenvalue weighted by Gasteiger charge is -2.24. The van der Waals surface area contributed by atoms with Gasteiger partial charge >= 0.3 is 0 Å². The number of sulfonamides is 1. The van der Waals surface area contributed by atoms with E-state index in [4.69, 9.17) is 0 Å². The molecule has 0 bridgehead atoms. The first kappa shape index (κ1) is 15.9. The van der Waals surface area contributed by atoms with Crippen molar-refractivity contribution < 1.29 is 8.42 Å². The van der Waals surface area contributed by atoms with E-state index in [1.807, 2.05) is 13.8 Å². The van der Waals surface area contributed by atoms with E-state index >= 15 is 0 Å². The molecule has 6 heteroatoms. The van der Waals surface area contributed by atoms with Crippen LogP contribution in [0.1, 0.15) is 33.6 Å². The molecule has 0 aromatic rings. The third-order valence-corrected chi connectivity index (χ3v) is 4.69. The molecule has 1 unspecified atom stereocenters. The quantitative estimate of drug-likeness (QED) is 0.640. The summed E-state index contributed by atoms with van der Waals surface area (Å²) in [6, 6.07) is 1.23. The Labute approximate surface area is 111 Å². The third kappa shape index (κ3) is 6.13. The van der Waals surface area contributed by atoms with Crippen molar-refractivity contribution in [1.82, 2.24) is 14.9 Å². The SMILES string of the molecule is CC(C)NCCS(=O)(=O)NCC(C)N(C)C1CC1. The van der Waals surface area contributed by atoms with E-state index in [1.165, 1.54) is 12.8 Å². The summed E-state index contributed by atoms with van der Waals surface area (Å²) in [6.07, 6.45) is 2.48. The number of hydrogen-bond donors (Lipinski definition) is 2. The van der Waals surface area contributed by atoms with Gasteiger partial charge in [0.1, 0.15) is 0 Å². The van der Waals surface area contributed by atoms with E-state index in [0.29, 0.717) is 25.2 Å². The van der Waals surface area contributed by atoms with Gasteiger partial charge in [-0.15, -0.1) is 0 Å². The highest BCUT2D eigenvalue weighted by molar-refractivity contribution is 7.89. The summed E-state index contributed by atoms with van der Waals surface area (Å²) < 4.78 is 26.2. The van der Waals surface area contributed by atoms with Crippen LogP contribution >= 0.6 is 0 Å². The Kier molecular flexibility index (Phi) is 6.04. The molecule has 0 amide bonds. The van der Waals surface area contributed by atoms with Gasteiger partial charge in [-0.05, 0) is 26.8 Å². The maximum absolute atomic E-state index is 11.8. The zero-order valence-electron chi connectivity index (χ0n) is 11.9. The molecule has 2 N–H and O–H groups in total. The van der Waals surface area contributed by atoms with Gasteiger partial charge in [0.15, 0.2) is 0 Å². The maximum Gasteiger partial charge on any atom is 0.212 e. The van der Waals surface area contributed by atoms with Crippen LogP contribution in [0.2, 0.25) is 0 Å². The van der Waals surface area contributed by atoms with Crippen molar-refractivity contribution in [3.8, 4) is 0 Å². The lowest BCUT2D eigenvalue weighted by molar-refractivity contribution is 0.248. The fraction of sp³-hybridized carbons (Fsp3) is 1.00. The number of nitrogens with one attached hydrogen (secondary N) is 2. The number of nitrogens with zero attached hydrogens (tertiary/aromatic N) is 1. The van der Waals surface area contributed by atoms with Crippen molar-refractivity contribution in [2.75, 3.05) is 25.9 Å². The molecular formula is C12H27N3O2S. The van der Waals surface area contributed by atoms with Gasteiger partial charge in [-0.1, -0.05) is 13.8 Å². The second-order valence-electron chi connectivity index (χ2n) is 5.52. The molecule has 0 aliphatic heterocycles. The first-order valence-electron chi connectivity index (χ1n) is 6.74. The highest BCUT2D eigenvalue weighted by Crippen LogP contribution is 2.26. The number of likely N-dealkylation sites (N-methyl/N-ethyl adjacent to an activating group) is 1. The molecule has 1 rings (SSSR count). The Morgan fingerprint density at radius 1 is 1.28 bits per heavy atom. The Hall–Kier alpha value is -0.170. The monoisotopic (exact) mass is 277 g/mol. The smallest absolute Gasteiger partial charge is 0.212 e. The van der Waals surface area contributed by atoms with Crippen molar-refractivity contribution in [2.45, 2.75) is 51.7 Å². The van der Waals surface area contributed by atoms with Crippen molar-refractivity contribution in [3.63, 3.8) is 0 Å². The van der Waals surface area contributed by atoms with Gasteiger partial charge in [0.05, 0.1) is 5.75 Å². The lowest BCUT2D eigenvalue weighted by atomic mass is 10.3. The molecule has 1 saturated carbocycles. The van der Waals surface area contributed by atoms with Crippen molar-refractivity contribution in [1.29, 1.82) is 0 Å². The van der Waals surface area contributed by atoms with Crippen LogP contribution in [0, 0.1) is 0 Å². The summed E-state index contributed by atoms with van der Waals surface area (Å²) in [6.45, 7) is 7.07. The maximum atomic E-state index is 11.8. The molecule has 0 spiro atoms. The summed E-state index contributed by atoms with van der Waals surface area (Å²) >= 11 is 0. The Balaban J connectivity index is 2.23. The summed E-state index contributed by atoms with van der Waals surface area (Å²) in [5.41, 5.74) is 0. The van der Waals surface area contributed by atoms with Crippen LogP contribution in [0.4, 0.5) is 0 Å². The lowest BCUT2D eigenvalue weighted by Crippen LogP contribution is -2.43. The summed E-state index contributed by atoms with van der Waals surface area (Å²) in [4.78, 5) is 2.26. The number of rotatable bonds is 9. The highest BCUT2D eigenvalue weighted by Gasteiger charge is 2.29. The van der Waals surface area contributed by atoms with Crippen LogP contribution in [-0.2, 0) is 10.0 Å². The molecule has 5 nitrogen and oxygen atoms in total. The molecule has 18 heavy (non-hydrogen) atoms. The molecule has 1 fully saturated rings. The summed E-state index contributed by atoms with van der Waals surface area (Å²) in [5, 5.41) is 3.11. The molecule has 1 aliphatic rings. The van der Waals surface area contributed by atoms with Gasteiger partial charge < -0.3 is 5.32 Å². The average Bonchev–Trinajstić information content (AvgIpc) is 3.08. The summed E-state index contributed by atoms with van der Waals surface area (Å²) in [7, 11) is -1.08. The van der Waals surface area contributed by atoms with E-state index in [9.17, 15) is 8.42 Å². The van der Waals surface area contributed by atoms with E-state index in [2.05, 4.69) is 28.9 Å². The van der Waals surface area contributed by atoms with Gasteiger partial charge in [0, 0.05) is 31.2 Å². The normalized spacial score (nSPS) is 18.6. The topological polar surface area (TPSA) is 61.4 Å². The van der Waals surface area contributed by atoms with E-state index < -0.39 is 10.0 Å². The molecule has 0 radical (unpaired) electrons. The number of hydrogen-bond acceptors (Lipinski definition) is 4. The fourth-order valence-electron chi connectivity index (χ4n) is 1.79. The van der Waals surface area contributed by atoms with Gasteiger partial charge in [-0.25, -0.2) is 13.1 Å². The first-order valence-corrected chi connectivity index (χ1v) is 8.39. The second kappa shape index (κ2) is 6.84. The van der Waals surface area contributed by atoms with Crippen molar-refractivity contribution in [2.24, 2.45) is 0 Å². The molecule has 0 heterocycles. The standard InChI is InChI=1S/C12H27N3O2S/c1-10(2)13-7-8-18(16,17)14-9-11(3)15(4)12-5-6-12/h10-14H,5-9H2,1-4H3. The molecule has 0 aromatic carbocycles. The minimum atomic E-state index is -3.15. The Morgan fingerprint density at radius 2 is 1.89 bits per heavy atom. The highest BCUT2D eigenvalue weighted by atomic mass is 32.2. The van der Waals surface area contributed by atoms with Gasteiger partial charge in [-0.2, -0.15) is 0 Å². The van der Waals surface area contributed by atoms with Crippen LogP contribution in [0.3, 0.4) is 0 Å². The Morgan fingerprint density at radius 3 is 2.39 bits per heavy atom. The zero-order chi connectivity index (χ0) is 13.8. The molecule has 0 aromatic heterocycles. The molecule has 1 aliphatic carbocycles. The Bertz CT molecular complexity index is 339. The molecule has 0 saturated heterocycles. The zero-order valence-corrected chi connectivity index (χ0v) is 12.8. The van der Waals surface area contributed by atoms with Crippen molar-refractivity contribution >= 4 is 10.0 Å². The van der Waals surface area contributed by atoms with Crippen LogP contribution in [-0.4, -0.2) is 57.3 Å². The van der Waals surface area contributed by atoms with Gasteiger partial charge in [0.25, 0.3) is 0 Å². The van der Waals surface area contributed by atoms with Crippen LogP contribution in [0.15, 0.2) is 0 Å². The summed E-state index contributed by atoms with van der Waals surface area (Å²) in [5.74, 6) is 0.144. The van der Waals surface area contributed by atoms with Crippen LogP contribution < -0.4 is 10.0 Å².